The van der Waals surface area contributed by atoms with Gasteiger partial charge in [-0.3, -0.25) is 4.79 Å². The molecule has 0 aliphatic heterocycles. The lowest BCUT2D eigenvalue weighted by Gasteiger charge is -2.08. The van der Waals surface area contributed by atoms with Crippen LogP contribution in [0, 0.1) is 19.7 Å². The van der Waals surface area contributed by atoms with Crippen molar-refractivity contribution in [3.63, 3.8) is 0 Å². The third-order valence-electron chi connectivity index (χ3n) is 3.72. The summed E-state index contributed by atoms with van der Waals surface area (Å²) >= 11 is 0. The van der Waals surface area contributed by atoms with Gasteiger partial charge in [-0.25, -0.2) is 4.39 Å². The first-order valence-corrected chi connectivity index (χ1v) is 7.75. The number of rotatable bonds is 5. The van der Waals surface area contributed by atoms with Gasteiger partial charge < -0.3 is 14.6 Å². The molecule has 0 bridgehead atoms. The van der Waals surface area contributed by atoms with Gasteiger partial charge in [0.2, 0.25) is 0 Å². The fourth-order valence-electron chi connectivity index (χ4n) is 2.28. The molecule has 128 valence electrons. The predicted molar refractivity (Wildman–Crippen MR) is 91.1 cm³/mol. The highest BCUT2D eigenvalue weighted by Gasteiger charge is 2.21. The fraction of sp³-hybridized carbons (Fsp3) is 0.158. The molecular formula is C19H17FN2O3. The monoisotopic (exact) mass is 340 g/mol. The summed E-state index contributed by atoms with van der Waals surface area (Å²) in [6, 6.07) is 13.5. The van der Waals surface area contributed by atoms with Crippen molar-refractivity contribution in [3.8, 4) is 5.75 Å². The van der Waals surface area contributed by atoms with Gasteiger partial charge in [-0.1, -0.05) is 35.0 Å². The highest BCUT2D eigenvalue weighted by atomic mass is 19.1. The zero-order valence-corrected chi connectivity index (χ0v) is 13.9. The number of hydrogen-bond donors (Lipinski definition) is 1. The predicted octanol–water partition coefficient (Wildman–Crippen LogP) is 4.26. The number of halogens is 1. The van der Waals surface area contributed by atoms with E-state index < -0.39 is 11.7 Å². The van der Waals surface area contributed by atoms with Gasteiger partial charge >= 0.3 is 0 Å². The first-order chi connectivity index (χ1) is 12.0. The Hall–Kier alpha value is -3.15. The van der Waals surface area contributed by atoms with Crippen molar-refractivity contribution >= 4 is 11.6 Å². The van der Waals surface area contributed by atoms with E-state index in [2.05, 4.69) is 10.5 Å². The molecule has 3 aromatic rings. The van der Waals surface area contributed by atoms with Crippen molar-refractivity contribution in [2.45, 2.75) is 20.5 Å². The number of aromatic nitrogens is 1. The molecule has 1 aromatic heterocycles. The topological polar surface area (TPSA) is 64.4 Å². The number of ether oxygens (including phenoxy) is 1. The summed E-state index contributed by atoms with van der Waals surface area (Å²) in [5.74, 6) is -0.325. The Bertz CT molecular complexity index is 888. The van der Waals surface area contributed by atoms with Crippen LogP contribution < -0.4 is 10.1 Å². The number of carbonyl (C=O) groups excluding carboxylic acids is 1. The minimum Gasteiger partial charge on any atom is -0.486 e. The van der Waals surface area contributed by atoms with Gasteiger partial charge in [-0.15, -0.1) is 0 Å². The molecule has 6 heteroatoms. The average Bonchev–Trinajstić information content (AvgIpc) is 2.97. The zero-order chi connectivity index (χ0) is 17.8. The van der Waals surface area contributed by atoms with E-state index >= 15 is 0 Å². The fourth-order valence-corrected chi connectivity index (χ4v) is 2.28. The Morgan fingerprint density at radius 2 is 1.88 bits per heavy atom. The van der Waals surface area contributed by atoms with Crippen molar-refractivity contribution in [1.82, 2.24) is 5.16 Å². The van der Waals surface area contributed by atoms with E-state index in [0.717, 1.165) is 5.56 Å². The molecule has 1 N–H and O–H groups in total. The minimum atomic E-state index is -0.470. The first kappa shape index (κ1) is 16.7. The number of anilines is 1. The molecule has 25 heavy (non-hydrogen) atoms. The van der Waals surface area contributed by atoms with Crippen molar-refractivity contribution in [2.24, 2.45) is 0 Å². The second-order valence-corrected chi connectivity index (χ2v) is 5.61. The maximum Gasteiger partial charge on any atom is 0.278 e. The molecule has 0 aliphatic rings. The Labute approximate surface area is 144 Å². The van der Waals surface area contributed by atoms with Crippen LogP contribution in [0.2, 0.25) is 0 Å². The van der Waals surface area contributed by atoms with Crippen LogP contribution in [0.15, 0.2) is 53.1 Å². The summed E-state index contributed by atoms with van der Waals surface area (Å²) in [6.45, 7) is 3.62. The minimum absolute atomic E-state index is 0.0209. The maximum atomic E-state index is 13.7. The molecule has 1 heterocycles. The van der Waals surface area contributed by atoms with E-state index in [-0.39, 0.29) is 18.1 Å². The number of hydrogen-bond acceptors (Lipinski definition) is 4. The van der Waals surface area contributed by atoms with Gasteiger partial charge in [0.15, 0.2) is 17.3 Å². The number of nitrogens with one attached hydrogen (secondary N) is 1. The standard InChI is InChI=1S/C19H17FN2O3/c1-12-7-9-14(10-8-12)21-19(23)18-15(13(2)25-22-18)11-24-17-6-4-3-5-16(17)20/h3-10H,11H2,1-2H3,(H,21,23). The van der Waals surface area contributed by atoms with Crippen LogP contribution in [-0.4, -0.2) is 11.1 Å². The quantitative estimate of drug-likeness (QED) is 0.754. The first-order valence-electron chi connectivity index (χ1n) is 7.75. The van der Waals surface area contributed by atoms with E-state index in [0.29, 0.717) is 17.0 Å². The molecule has 0 unspecified atom stereocenters. The highest BCUT2D eigenvalue weighted by Crippen LogP contribution is 2.21. The van der Waals surface area contributed by atoms with Gasteiger partial charge in [0.05, 0.1) is 5.56 Å². The molecule has 0 saturated carbocycles. The smallest absolute Gasteiger partial charge is 0.278 e. The van der Waals surface area contributed by atoms with E-state index in [4.69, 9.17) is 9.26 Å². The van der Waals surface area contributed by atoms with Crippen LogP contribution in [0.25, 0.3) is 0 Å². The maximum absolute atomic E-state index is 13.7. The second kappa shape index (κ2) is 7.17. The normalized spacial score (nSPS) is 10.5. The van der Waals surface area contributed by atoms with Crippen molar-refractivity contribution < 1.29 is 18.4 Å². The summed E-state index contributed by atoms with van der Waals surface area (Å²) in [4.78, 5) is 12.4. The summed E-state index contributed by atoms with van der Waals surface area (Å²) < 4.78 is 24.2. The second-order valence-electron chi connectivity index (χ2n) is 5.61. The number of carbonyl (C=O) groups is 1. The number of amides is 1. The summed E-state index contributed by atoms with van der Waals surface area (Å²) in [5, 5.41) is 6.56. The Kier molecular flexibility index (Phi) is 4.79. The van der Waals surface area contributed by atoms with Gasteiger partial charge in [-0.05, 0) is 38.1 Å². The van der Waals surface area contributed by atoms with E-state index in [1.807, 2.05) is 19.1 Å². The van der Waals surface area contributed by atoms with Crippen molar-refractivity contribution in [1.29, 1.82) is 0 Å². The molecule has 5 nitrogen and oxygen atoms in total. The van der Waals surface area contributed by atoms with Crippen LogP contribution in [0.4, 0.5) is 10.1 Å². The van der Waals surface area contributed by atoms with Crippen molar-refractivity contribution in [2.75, 3.05) is 5.32 Å². The number of aryl methyl sites for hydroxylation is 2. The van der Waals surface area contributed by atoms with Crippen LogP contribution in [0.3, 0.4) is 0 Å². The van der Waals surface area contributed by atoms with Gasteiger partial charge in [0, 0.05) is 5.69 Å². The van der Waals surface area contributed by atoms with Gasteiger partial charge in [0.25, 0.3) is 5.91 Å². The molecule has 0 radical (unpaired) electrons. The molecule has 0 fully saturated rings. The van der Waals surface area contributed by atoms with E-state index in [1.54, 1.807) is 31.2 Å². The lowest BCUT2D eigenvalue weighted by molar-refractivity contribution is 0.101. The number of benzene rings is 2. The van der Waals surface area contributed by atoms with Crippen LogP contribution in [-0.2, 0) is 6.61 Å². The molecular weight excluding hydrogens is 323 g/mol. The Balaban J connectivity index is 1.75. The third-order valence-corrected chi connectivity index (χ3v) is 3.72. The van der Waals surface area contributed by atoms with Crippen LogP contribution >= 0.6 is 0 Å². The summed E-state index contributed by atoms with van der Waals surface area (Å²) in [7, 11) is 0. The van der Waals surface area contributed by atoms with Gasteiger partial charge in [0.1, 0.15) is 12.4 Å². The number of para-hydroxylation sites is 1. The van der Waals surface area contributed by atoms with Crippen LogP contribution in [0.1, 0.15) is 27.4 Å². The Morgan fingerprint density at radius 1 is 1.16 bits per heavy atom. The zero-order valence-electron chi connectivity index (χ0n) is 13.9. The molecule has 0 atom stereocenters. The van der Waals surface area contributed by atoms with Gasteiger partial charge in [-0.2, -0.15) is 0 Å². The molecule has 1 amide bonds. The van der Waals surface area contributed by atoms with E-state index in [1.165, 1.54) is 12.1 Å². The number of nitrogens with zero attached hydrogens (tertiary/aromatic N) is 1. The van der Waals surface area contributed by atoms with Crippen molar-refractivity contribution in [3.05, 3.63) is 76.9 Å². The molecule has 0 aliphatic carbocycles. The highest BCUT2D eigenvalue weighted by molar-refractivity contribution is 6.03. The molecule has 2 aromatic carbocycles. The molecule has 0 saturated heterocycles. The lowest BCUT2D eigenvalue weighted by Crippen LogP contribution is -2.15. The SMILES string of the molecule is Cc1ccc(NC(=O)c2noc(C)c2COc2ccccc2F)cc1. The molecule has 0 spiro atoms. The lowest BCUT2D eigenvalue weighted by atomic mass is 10.2. The summed E-state index contributed by atoms with van der Waals surface area (Å²) in [6.07, 6.45) is 0. The van der Waals surface area contributed by atoms with E-state index in [9.17, 15) is 9.18 Å². The van der Waals surface area contributed by atoms with Crippen LogP contribution in [0.5, 0.6) is 5.75 Å². The Morgan fingerprint density at radius 3 is 2.60 bits per heavy atom. The average molecular weight is 340 g/mol. The molecule has 3 rings (SSSR count). The third kappa shape index (κ3) is 3.85. The largest absolute Gasteiger partial charge is 0.486 e. The summed E-state index contributed by atoms with van der Waals surface area (Å²) in [5.41, 5.74) is 2.34.